The number of hydrogen-bond acceptors (Lipinski definition) is 3. The molecule has 2 heterocycles. The summed E-state index contributed by atoms with van der Waals surface area (Å²) in [5, 5.41) is 7.51. The molecule has 17 heavy (non-hydrogen) atoms. The molecule has 5 heteroatoms. The zero-order valence-electron chi connectivity index (χ0n) is 10.1. The molecular formula is C12H15BrN4. The number of hydrogen-bond donors (Lipinski definition) is 1. The number of nitrogens with one attached hydrogen (secondary N) is 1. The van der Waals surface area contributed by atoms with E-state index >= 15 is 0 Å². The highest BCUT2D eigenvalue weighted by atomic mass is 79.9. The Morgan fingerprint density at radius 3 is 2.76 bits per heavy atom. The van der Waals surface area contributed by atoms with Crippen LogP contribution in [0.5, 0.6) is 0 Å². The summed E-state index contributed by atoms with van der Waals surface area (Å²) < 4.78 is 2.82. The maximum absolute atomic E-state index is 4.33. The lowest BCUT2D eigenvalue weighted by molar-refractivity contribution is 0.765. The minimum atomic E-state index is 0.191. The van der Waals surface area contributed by atoms with Gasteiger partial charge in [0.25, 0.3) is 0 Å². The minimum absolute atomic E-state index is 0.191. The lowest BCUT2D eigenvalue weighted by Gasteiger charge is -2.13. The second kappa shape index (κ2) is 4.87. The monoisotopic (exact) mass is 294 g/mol. The Hall–Kier alpha value is -1.36. The summed E-state index contributed by atoms with van der Waals surface area (Å²) >= 11 is 3.44. The van der Waals surface area contributed by atoms with Crippen LogP contribution < -0.4 is 5.32 Å². The van der Waals surface area contributed by atoms with Crippen LogP contribution in [0.1, 0.15) is 24.1 Å². The van der Waals surface area contributed by atoms with Crippen molar-refractivity contribution in [3.63, 3.8) is 0 Å². The van der Waals surface area contributed by atoms with E-state index in [0.717, 1.165) is 15.9 Å². The number of halogens is 1. The van der Waals surface area contributed by atoms with Gasteiger partial charge in [0, 0.05) is 29.5 Å². The van der Waals surface area contributed by atoms with Gasteiger partial charge in [-0.3, -0.25) is 4.68 Å². The first-order valence-corrected chi connectivity index (χ1v) is 6.23. The van der Waals surface area contributed by atoms with Crippen molar-refractivity contribution in [2.75, 3.05) is 5.32 Å². The Bertz CT molecular complexity index is 521. The maximum atomic E-state index is 4.33. The van der Waals surface area contributed by atoms with Crippen LogP contribution in [0.15, 0.2) is 29.1 Å². The summed E-state index contributed by atoms with van der Waals surface area (Å²) in [6, 6.07) is 2.22. The Morgan fingerprint density at radius 1 is 1.41 bits per heavy atom. The summed E-state index contributed by atoms with van der Waals surface area (Å²) in [4.78, 5) is 4.33. The molecule has 1 N–H and O–H groups in total. The number of rotatable bonds is 3. The number of pyridine rings is 1. The lowest BCUT2D eigenvalue weighted by Crippen LogP contribution is -2.07. The zero-order valence-corrected chi connectivity index (χ0v) is 11.7. The molecular weight excluding hydrogens is 280 g/mol. The maximum Gasteiger partial charge on any atom is 0.126 e. The van der Waals surface area contributed by atoms with Crippen molar-refractivity contribution in [2.45, 2.75) is 19.9 Å². The predicted octanol–water partition coefficient (Wildman–Crippen LogP) is 3.06. The molecule has 2 aromatic rings. The van der Waals surface area contributed by atoms with Crippen molar-refractivity contribution >= 4 is 21.7 Å². The molecule has 2 rings (SSSR count). The van der Waals surface area contributed by atoms with Crippen molar-refractivity contribution in [1.29, 1.82) is 0 Å². The van der Waals surface area contributed by atoms with E-state index in [9.17, 15) is 0 Å². The first-order chi connectivity index (χ1) is 8.06. The molecule has 1 atom stereocenters. The van der Waals surface area contributed by atoms with E-state index < -0.39 is 0 Å². The largest absolute Gasteiger partial charge is 0.363 e. The Labute approximate surface area is 109 Å². The van der Waals surface area contributed by atoms with Gasteiger partial charge in [-0.2, -0.15) is 5.10 Å². The van der Waals surface area contributed by atoms with E-state index in [0.29, 0.717) is 0 Å². The molecule has 2 aromatic heterocycles. The standard InChI is InChI=1S/C12H15BrN4/c1-8-4-12(14-6-11(8)13)16-9(2)10-5-15-17(3)7-10/h4-7,9H,1-3H3,(H,14,16). The van der Waals surface area contributed by atoms with Crippen molar-refractivity contribution in [3.05, 3.63) is 40.3 Å². The highest BCUT2D eigenvalue weighted by Crippen LogP contribution is 2.21. The summed E-state index contributed by atoms with van der Waals surface area (Å²) in [5.41, 5.74) is 2.32. The van der Waals surface area contributed by atoms with Crippen LogP contribution >= 0.6 is 15.9 Å². The molecule has 0 amide bonds. The SMILES string of the molecule is Cc1cc(NC(C)c2cnn(C)c2)ncc1Br. The molecule has 0 aromatic carbocycles. The van der Waals surface area contributed by atoms with Gasteiger partial charge in [0.1, 0.15) is 5.82 Å². The zero-order chi connectivity index (χ0) is 12.4. The Kier molecular flexibility index (Phi) is 3.47. The molecule has 0 aliphatic rings. The second-order valence-electron chi connectivity index (χ2n) is 4.13. The van der Waals surface area contributed by atoms with Crippen LogP contribution in [-0.2, 0) is 7.05 Å². The van der Waals surface area contributed by atoms with Crippen LogP contribution in [0.2, 0.25) is 0 Å². The Balaban J connectivity index is 2.12. The topological polar surface area (TPSA) is 42.7 Å². The van der Waals surface area contributed by atoms with E-state index in [1.165, 1.54) is 5.56 Å². The van der Waals surface area contributed by atoms with E-state index in [4.69, 9.17) is 0 Å². The van der Waals surface area contributed by atoms with Gasteiger partial charge in [-0.15, -0.1) is 0 Å². The average molecular weight is 295 g/mol. The molecule has 4 nitrogen and oxygen atoms in total. The van der Waals surface area contributed by atoms with Gasteiger partial charge in [0.05, 0.1) is 12.2 Å². The smallest absolute Gasteiger partial charge is 0.126 e. The molecule has 0 saturated carbocycles. The number of aromatic nitrogens is 3. The first-order valence-electron chi connectivity index (χ1n) is 5.43. The third-order valence-electron chi connectivity index (χ3n) is 2.64. The third kappa shape index (κ3) is 2.85. The van der Waals surface area contributed by atoms with Gasteiger partial charge in [0.2, 0.25) is 0 Å². The fourth-order valence-corrected chi connectivity index (χ4v) is 1.80. The van der Waals surface area contributed by atoms with Crippen LogP contribution in [0.25, 0.3) is 0 Å². The fourth-order valence-electron chi connectivity index (χ4n) is 1.59. The van der Waals surface area contributed by atoms with Gasteiger partial charge >= 0.3 is 0 Å². The summed E-state index contributed by atoms with van der Waals surface area (Å²) in [5.74, 6) is 0.877. The Morgan fingerprint density at radius 2 is 2.18 bits per heavy atom. The van der Waals surface area contributed by atoms with E-state index in [1.54, 1.807) is 4.68 Å². The molecule has 0 aliphatic heterocycles. The lowest BCUT2D eigenvalue weighted by atomic mass is 10.2. The van der Waals surface area contributed by atoms with Crippen molar-refractivity contribution in [1.82, 2.24) is 14.8 Å². The molecule has 0 bridgehead atoms. The van der Waals surface area contributed by atoms with Crippen LogP contribution in [0.3, 0.4) is 0 Å². The number of aryl methyl sites for hydroxylation is 2. The number of anilines is 1. The minimum Gasteiger partial charge on any atom is -0.363 e. The van der Waals surface area contributed by atoms with Gasteiger partial charge in [-0.05, 0) is 41.4 Å². The fraction of sp³-hybridized carbons (Fsp3) is 0.333. The normalized spacial score (nSPS) is 12.5. The molecule has 0 radical (unpaired) electrons. The molecule has 0 fully saturated rings. The predicted molar refractivity (Wildman–Crippen MR) is 71.9 cm³/mol. The van der Waals surface area contributed by atoms with Crippen molar-refractivity contribution in [3.8, 4) is 0 Å². The summed E-state index contributed by atoms with van der Waals surface area (Å²) in [6.07, 6.45) is 5.68. The summed E-state index contributed by atoms with van der Waals surface area (Å²) in [6.45, 7) is 4.14. The molecule has 0 saturated heterocycles. The van der Waals surface area contributed by atoms with Crippen LogP contribution in [0, 0.1) is 6.92 Å². The van der Waals surface area contributed by atoms with Gasteiger partial charge in [-0.25, -0.2) is 4.98 Å². The summed E-state index contributed by atoms with van der Waals surface area (Å²) in [7, 11) is 1.91. The van der Waals surface area contributed by atoms with Gasteiger partial charge in [0.15, 0.2) is 0 Å². The highest BCUT2D eigenvalue weighted by molar-refractivity contribution is 9.10. The van der Waals surface area contributed by atoms with Crippen molar-refractivity contribution in [2.24, 2.45) is 7.05 Å². The average Bonchev–Trinajstić information content (AvgIpc) is 2.70. The van der Waals surface area contributed by atoms with E-state index in [-0.39, 0.29) is 6.04 Å². The molecule has 1 unspecified atom stereocenters. The first kappa shape index (κ1) is 12.1. The molecule has 0 spiro atoms. The van der Waals surface area contributed by atoms with Crippen molar-refractivity contribution < 1.29 is 0 Å². The highest BCUT2D eigenvalue weighted by Gasteiger charge is 2.08. The van der Waals surface area contributed by atoms with Gasteiger partial charge < -0.3 is 5.32 Å². The number of nitrogens with zero attached hydrogens (tertiary/aromatic N) is 3. The molecule has 0 aliphatic carbocycles. The van der Waals surface area contributed by atoms with E-state index in [2.05, 4.69) is 38.3 Å². The van der Waals surface area contributed by atoms with Crippen LogP contribution in [0.4, 0.5) is 5.82 Å². The van der Waals surface area contributed by atoms with Gasteiger partial charge in [-0.1, -0.05) is 0 Å². The quantitative estimate of drug-likeness (QED) is 0.946. The van der Waals surface area contributed by atoms with Crippen LogP contribution in [-0.4, -0.2) is 14.8 Å². The third-order valence-corrected chi connectivity index (χ3v) is 3.47. The van der Waals surface area contributed by atoms with E-state index in [1.807, 2.05) is 38.6 Å². The second-order valence-corrected chi connectivity index (χ2v) is 4.99. The molecule has 90 valence electrons.